The highest BCUT2D eigenvalue weighted by Gasteiger charge is 2.43. The maximum absolute atomic E-state index is 12.5. The number of sulfonamides is 1. The molecule has 1 aliphatic carbocycles. The highest BCUT2D eigenvalue weighted by molar-refractivity contribution is 7.89. The van der Waals surface area contributed by atoms with Gasteiger partial charge < -0.3 is 14.9 Å². The molecule has 1 aromatic rings. The van der Waals surface area contributed by atoms with Crippen molar-refractivity contribution in [1.82, 2.24) is 4.72 Å². The fraction of sp³-hybridized carbons (Fsp3) is 0.714. The highest BCUT2D eigenvalue weighted by Crippen LogP contribution is 2.48. The topological polar surface area (TPSA) is 94.6 Å². The Morgan fingerprint density at radius 2 is 2.00 bits per heavy atom. The van der Waals surface area contributed by atoms with Gasteiger partial charge in [0.2, 0.25) is 10.0 Å². The van der Waals surface area contributed by atoms with Crippen molar-refractivity contribution in [3.8, 4) is 0 Å². The summed E-state index contributed by atoms with van der Waals surface area (Å²) in [6, 6.07) is 0. The monoisotopic (exact) mass is 316 g/mol. The van der Waals surface area contributed by atoms with Crippen molar-refractivity contribution in [2.45, 2.75) is 44.6 Å². The van der Waals surface area contributed by atoms with Crippen LogP contribution in [0.15, 0.2) is 9.31 Å². The van der Waals surface area contributed by atoms with Crippen LogP contribution in [0.3, 0.4) is 0 Å². The summed E-state index contributed by atoms with van der Waals surface area (Å²) in [6.07, 6.45) is 2.94. The number of nitrogens with two attached hydrogens (primary N) is 1. The fourth-order valence-corrected chi connectivity index (χ4v) is 4.24. The van der Waals surface area contributed by atoms with Crippen molar-refractivity contribution in [1.29, 1.82) is 0 Å². The number of nitrogens with one attached hydrogen (secondary N) is 1. The van der Waals surface area contributed by atoms with Gasteiger partial charge in [0.05, 0.1) is 0 Å². The van der Waals surface area contributed by atoms with Gasteiger partial charge in [-0.25, -0.2) is 13.1 Å². The minimum atomic E-state index is -3.60. The number of methoxy groups -OCH3 is 1. The van der Waals surface area contributed by atoms with Crippen molar-refractivity contribution in [3.05, 3.63) is 17.1 Å². The average molecular weight is 316 g/mol. The minimum absolute atomic E-state index is 0.0542. The lowest BCUT2D eigenvalue weighted by Crippen LogP contribution is -2.31. The number of hydrogen-bond donors (Lipinski definition) is 2. The van der Waals surface area contributed by atoms with Gasteiger partial charge in [0.25, 0.3) is 0 Å². The van der Waals surface area contributed by atoms with Crippen molar-refractivity contribution < 1.29 is 17.6 Å². The Bertz CT molecular complexity index is 603. The van der Waals surface area contributed by atoms with Crippen LogP contribution in [-0.2, 0) is 21.3 Å². The second-order valence-corrected chi connectivity index (χ2v) is 7.50. The Kier molecular flexibility index (Phi) is 4.77. The summed E-state index contributed by atoms with van der Waals surface area (Å²) >= 11 is 0. The molecule has 1 aromatic heterocycles. The van der Waals surface area contributed by atoms with Gasteiger partial charge in [0, 0.05) is 32.4 Å². The Morgan fingerprint density at radius 1 is 1.33 bits per heavy atom. The molecular weight excluding hydrogens is 292 g/mol. The number of ether oxygens (including phenoxy) is 1. The molecule has 21 heavy (non-hydrogen) atoms. The molecule has 0 spiro atoms. The maximum Gasteiger partial charge on any atom is 0.244 e. The predicted molar refractivity (Wildman–Crippen MR) is 79.4 cm³/mol. The van der Waals surface area contributed by atoms with Crippen LogP contribution in [0.25, 0.3) is 0 Å². The van der Waals surface area contributed by atoms with E-state index < -0.39 is 10.0 Å². The molecule has 6 nitrogen and oxygen atoms in total. The van der Waals surface area contributed by atoms with E-state index in [1.165, 1.54) is 0 Å². The summed E-state index contributed by atoms with van der Waals surface area (Å²) in [5.74, 6) is 0.957. The van der Waals surface area contributed by atoms with Crippen LogP contribution in [0.5, 0.6) is 0 Å². The molecule has 1 saturated carbocycles. The first-order valence-electron chi connectivity index (χ1n) is 7.13. The summed E-state index contributed by atoms with van der Waals surface area (Å²) in [6.45, 7) is 4.62. The molecule has 0 amide bonds. The molecular formula is C14H24N2O4S. The first-order valence-corrected chi connectivity index (χ1v) is 8.61. The number of aryl methyl sites for hydroxylation is 2. The average Bonchev–Trinajstić information content (AvgIpc) is 3.13. The minimum Gasteiger partial charge on any atom is -0.465 e. The first kappa shape index (κ1) is 16.5. The summed E-state index contributed by atoms with van der Waals surface area (Å²) in [4.78, 5) is 0.199. The van der Waals surface area contributed by atoms with E-state index in [-0.39, 0.29) is 16.9 Å². The van der Waals surface area contributed by atoms with Crippen molar-refractivity contribution in [2.75, 3.05) is 20.3 Å². The van der Waals surface area contributed by atoms with Crippen LogP contribution in [0, 0.1) is 19.3 Å². The third-order valence-electron chi connectivity index (χ3n) is 4.23. The molecule has 1 heterocycles. The number of furan rings is 1. The summed E-state index contributed by atoms with van der Waals surface area (Å²) in [5.41, 5.74) is 6.26. The molecule has 1 fully saturated rings. The van der Waals surface area contributed by atoms with Crippen LogP contribution in [0.1, 0.15) is 36.3 Å². The first-order chi connectivity index (χ1) is 9.85. The standard InChI is InChI=1S/C14H24N2O4S/c1-10-12(8-15)13(11(2)20-10)21(17,18)16-9-14(4-5-14)6-7-19-3/h16H,4-9,15H2,1-3H3. The lowest BCUT2D eigenvalue weighted by atomic mass is 10.0. The number of hydrogen-bond acceptors (Lipinski definition) is 5. The number of rotatable bonds is 8. The smallest absolute Gasteiger partial charge is 0.244 e. The van der Waals surface area contributed by atoms with E-state index in [4.69, 9.17) is 14.9 Å². The molecule has 120 valence electrons. The highest BCUT2D eigenvalue weighted by atomic mass is 32.2. The van der Waals surface area contributed by atoms with E-state index in [0.717, 1.165) is 19.3 Å². The third-order valence-corrected chi connectivity index (χ3v) is 5.82. The normalized spacial score (nSPS) is 17.1. The molecule has 1 aliphatic rings. The molecule has 3 N–H and O–H groups in total. The van der Waals surface area contributed by atoms with Gasteiger partial charge in [-0.3, -0.25) is 0 Å². The van der Waals surface area contributed by atoms with Gasteiger partial charge in [-0.2, -0.15) is 0 Å². The summed E-state index contributed by atoms with van der Waals surface area (Å²) in [7, 11) is -1.94. The molecule has 0 saturated heterocycles. The molecule has 0 aromatic carbocycles. The van der Waals surface area contributed by atoms with Crippen molar-refractivity contribution in [2.24, 2.45) is 11.1 Å². The van der Waals surface area contributed by atoms with Crippen molar-refractivity contribution >= 4 is 10.0 Å². The van der Waals surface area contributed by atoms with Crippen LogP contribution >= 0.6 is 0 Å². The van der Waals surface area contributed by atoms with Gasteiger partial charge in [-0.05, 0) is 38.5 Å². The van der Waals surface area contributed by atoms with E-state index in [2.05, 4.69) is 4.72 Å². The van der Waals surface area contributed by atoms with E-state index in [1.54, 1.807) is 21.0 Å². The SMILES string of the molecule is COCCC1(CNS(=O)(=O)c2c(C)oc(C)c2CN)CC1. The third kappa shape index (κ3) is 3.48. The van der Waals surface area contributed by atoms with Crippen molar-refractivity contribution in [3.63, 3.8) is 0 Å². The quantitative estimate of drug-likeness (QED) is 0.757. The Morgan fingerprint density at radius 3 is 2.52 bits per heavy atom. The lowest BCUT2D eigenvalue weighted by molar-refractivity contribution is 0.173. The fourth-order valence-electron chi connectivity index (χ4n) is 2.63. The molecule has 0 bridgehead atoms. The van der Waals surface area contributed by atoms with Gasteiger partial charge >= 0.3 is 0 Å². The summed E-state index contributed by atoms with van der Waals surface area (Å²) in [5, 5.41) is 0. The molecule has 0 radical (unpaired) electrons. The molecule has 2 rings (SSSR count). The molecule has 0 unspecified atom stereocenters. The van der Waals surface area contributed by atoms with Crippen LogP contribution in [0.2, 0.25) is 0 Å². The second-order valence-electron chi connectivity index (χ2n) is 5.79. The molecule has 0 atom stereocenters. The Hall–Kier alpha value is -0.890. The van der Waals surface area contributed by atoms with Gasteiger partial charge in [-0.15, -0.1) is 0 Å². The largest absolute Gasteiger partial charge is 0.465 e. The molecule has 7 heteroatoms. The summed E-state index contributed by atoms with van der Waals surface area (Å²) < 4.78 is 38.3. The zero-order chi connectivity index (χ0) is 15.7. The predicted octanol–water partition coefficient (Wildman–Crippen LogP) is 1.45. The van der Waals surface area contributed by atoms with E-state index in [9.17, 15) is 8.42 Å². The van der Waals surface area contributed by atoms with Gasteiger partial charge in [0.1, 0.15) is 16.4 Å². The van der Waals surface area contributed by atoms with Gasteiger partial charge in [0.15, 0.2) is 0 Å². The van der Waals surface area contributed by atoms with Gasteiger partial charge in [-0.1, -0.05) is 0 Å². The van der Waals surface area contributed by atoms with E-state index in [0.29, 0.717) is 30.2 Å². The Labute approximate surface area is 126 Å². The second kappa shape index (κ2) is 6.08. The zero-order valence-corrected chi connectivity index (χ0v) is 13.7. The van der Waals surface area contributed by atoms with Crippen LogP contribution < -0.4 is 10.5 Å². The Balaban J connectivity index is 2.13. The lowest BCUT2D eigenvalue weighted by Gasteiger charge is -2.16. The zero-order valence-electron chi connectivity index (χ0n) is 12.9. The van der Waals surface area contributed by atoms with E-state index in [1.807, 2.05) is 0 Å². The maximum atomic E-state index is 12.5. The van der Waals surface area contributed by atoms with Crippen LogP contribution in [-0.4, -0.2) is 28.7 Å². The van der Waals surface area contributed by atoms with E-state index >= 15 is 0 Å². The molecule has 0 aliphatic heterocycles. The van der Waals surface area contributed by atoms with Crippen LogP contribution in [0.4, 0.5) is 0 Å².